The lowest BCUT2D eigenvalue weighted by Crippen LogP contribution is -2.53. The first-order valence-corrected chi connectivity index (χ1v) is 19.0. The van der Waals surface area contributed by atoms with E-state index < -0.39 is 21.3 Å². The predicted molar refractivity (Wildman–Crippen MR) is 191 cm³/mol. The minimum Gasteiger partial charge on any atom is -0.490 e. The Hall–Kier alpha value is -1.86. The molecule has 5 rings (SSSR count). The molecule has 1 unspecified atom stereocenters. The first kappa shape index (κ1) is 34.5. The number of likely N-dealkylation sites (tertiary alicyclic amines) is 1. The number of halogens is 2. The van der Waals surface area contributed by atoms with Crippen molar-refractivity contribution in [3.05, 3.63) is 68.3 Å². The highest BCUT2D eigenvalue weighted by Gasteiger charge is 2.43. The lowest BCUT2D eigenvalue weighted by molar-refractivity contribution is -0.133. The molecule has 1 amide bonds. The zero-order chi connectivity index (χ0) is 32.5. The summed E-state index contributed by atoms with van der Waals surface area (Å²) in [4.78, 5) is 20.1. The zero-order valence-corrected chi connectivity index (χ0v) is 30.4. The molecule has 5 atom stereocenters. The molecule has 2 heterocycles. The van der Waals surface area contributed by atoms with Crippen molar-refractivity contribution in [2.45, 2.75) is 75.1 Å². The number of allylic oxidation sites excluding steroid dienone is 1. The summed E-state index contributed by atoms with van der Waals surface area (Å²) in [6.45, 7) is 6.55. The molecule has 0 bridgehead atoms. The van der Waals surface area contributed by atoms with E-state index in [0.717, 1.165) is 71.8 Å². The number of ether oxygens (including phenoxy) is 1. The second-order valence-corrected chi connectivity index (χ2v) is 17.0. The Morgan fingerprint density at radius 3 is 2.73 bits per heavy atom. The molecule has 0 saturated carbocycles. The van der Waals surface area contributed by atoms with Crippen LogP contribution in [0.4, 0.5) is 5.69 Å². The SMILES string of the molecule is C[C@H]([C@@H](C)C/C=C/C(C(=O)N(C)C)N1CCC[C@H]1CN1C[C@@]2(CCCc3cc(Cl)ccc32)COc2ccc(I)cc21)S(N)(=O)=O. The average molecular weight is 769 g/mol. The lowest BCUT2D eigenvalue weighted by atomic mass is 9.70. The maximum atomic E-state index is 13.6. The molecule has 2 aromatic carbocycles. The van der Waals surface area contributed by atoms with Crippen LogP contribution >= 0.6 is 34.2 Å². The summed E-state index contributed by atoms with van der Waals surface area (Å²) in [5, 5.41) is 5.52. The fraction of sp³-hybridized carbons (Fsp3) is 0.559. The number of fused-ring (bicyclic) bond motifs is 3. The number of amides is 1. The maximum Gasteiger partial charge on any atom is 0.243 e. The van der Waals surface area contributed by atoms with Crippen LogP contribution in [0.1, 0.15) is 57.1 Å². The van der Waals surface area contributed by atoms with Crippen LogP contribution in [-0.4, -0.2) is 81.8 Å². The van der Waals surface area contributed by atoms with Crippen molar-refractivity contribution in [2.75, 3.05) is 45.2 Å². The largest absolute Gasteiger partial charge is 0.490 e. The van der Waals surface area contributed by atoms with Crippen molar-refractivity contribution in [1.29, 1.82) is 0 Å². The molecular weight excluding hydrogens is 723 g/mol. The number of likely N-dealkylation sites (N-methyl/N-ethyl adjacent to an activating group) is 1. The Labute approximate surface area is 287 Å². The monoisotopic (exact) mass is 768 g/mol. The van der Waals surface area contributed by atoms with Crippen molar-refractivity contribution in [2.24, 2.45) is 11.1 Å². The van der Waals surface area contributed by atoms with Gasteiger partial charge in [0, 0.05) is 47.2 Å². The van der Waals surface area contributed by atoms with Crippen LogP contribution in [0.2, 0.25) is 5.02 Å². The summed E-state index contributed by atoms with van der Waals surface area (Å²) in [7, 11) is -0.0439. The van der Waals surface area contributed by atoms with Crippen LogP contribution < -0.4 is 14.8 Å². The van der Waals surface area contributed by atoms with E-state index in [1.54, 1.807) is 25.9 Å². The standard InChI is InChI=1S/C34H46ClIN4O4S/c1-23(24(2)45(37,42)43)8-5-11-30(33(41)38(3)4)40-17-7-10-28(40)20-39-21-34(22-44-32-15-13-27(36)19-31(32)39)16-6-9-25-18-26(35)12-14-29(25)34/h5,11-15,18-19,23-24,28,30H,6-10,16-17,20-22H2,1-4H3,(H2,37,42,43)/b11-5+/t23-,24+,28-,30?,34-/m0/s1. The summed E-state index contributed by atoms with van der Waals surface area (Å²) < 4.78 is 31.6. The summed E-state index contributed by atoms with van der Waals surface area (Å²) >= 11 is 8.80. The molecule has 0 radical (unpaired) electrons. The van der Waals surface area contributed by atoms with Crippen LogP contribution in [0.5, 0.6) is 5.75 Å². The fourth-order valence-corrected chi connectivity index (χ4v) is 8.73. The smallest absolute Gasteiger partial charge is 0.243 e. The quantitative estimate of drug-likeness (QED) is 0.264. The van der Waals surface area contributed by atoms with Crippen LogP contribution in [-0.2, 0) is 26.7 Å². The van der Waals surface area contributed by atoms with E-state index in [-0.39, 0.29) is 23.3 Å². The van der Waals surface area contributed by atoms with Crippen molar-refractivity contribution in [1.82, 2.24) is 9.80 Å². The van der Waals surface area contributed by atoms with E-state index in [0.29, 0.717) is 13.0 Å². The van der Waals surface area contributed by atoms with Gasteiger partial charge in [-0.1, -0.05) is 36.7 Å². The molecule has 2 N–H and O–H groups in total. The second kappa shape index (κ2) is 14.1. The zero-order valence-electron chi connectivity index (χ0n) is 26.7. The van der Waals surface area contributed by atoms with Gasteiger partial charge in [-0.3, -0.25) is 9.69 Å². The predicted octanol–water partition coefficient (Wildman–Crippen LogP) is 5.60. The van der Waals surface area contributed by atoms with Crippen molar-refractivity contribution in [3.63, 3.8) is 0 Å². The normalized spacial score (nSPS) is 24.1. The third-order valence-electron chi connectivity index (χ3n) is 10.0. The van der Waals surface area contributed by atoms with Crippen molar-refractivity contribution >= 4 is 55.8 Å². The van der Waals surface area contributed by atoms with Crippen molar-refractivity contribution in [3.8, 4) is 5.75 Å². The van der Waals surface area contributed by atoms with E-state index in [1.165, 1.54) is 11.1 Å². The highest BCUT2D eigenvalue weighted by Crippen LogP contribution is 2.45. The first-order chi connectivity index (χ1) is 21.3. The number of hydrogen-bond acceptors (Lipinski definition) is 6. The van der Waals surface area contributed by atoms with Gasteiger partial charge >= 0.3 is 0 Å². The van der Waals surface area contributed by atoms with E-state index in [9.17, 15) is 13.2 Å². The van der Waals surface area contributed by atoms with Crippen LogP contribution in [0.25, 0.3) is 0 Å². The Bertz CT molecular complexity index is 1540. The van der Waals surface area contributed by atoms with Gasteiger partial charge in [-0.2, -0.15) is 0 Å². The molecular formula is C34H46ClIN4O4S. The number of sulfonamides is 1. The van der Waals surface area contributed by atoms with E-state index in [1.807, 2.05) is 25.1 Å². The van der Waals surface area contributed by atoms with E-state index in [2.05, 4.69) is 62.7 Å². The second-order valence-electron chi connectivity index (χ2n) is 13.4. The van der Waals surface area contributed by atoms with Gasteiger partial charge in [-0.05, 0) is 122 Å². The topological polar surface area (TPSA) is 96.2 Å². The van der Waals surface area contributed by atoms with Gasteiger partial charge in [0.25, 0.3) is 0 Å². The molecule has 11 heteroatoms. The van der Waals surface area contributed by atoms with Crippen LogP contribution in [0, 0.1) is 9.49 Å². The molecule has 0 aromatic heterocycles. The van der Waals surface area contributed by atoms with Gasteiger partial charge in [0.2, 0.25) is 15.9 Å². The molecule has 1 spiro atoms. The van der Waals surface area contributed by atoms with E-state index in [4.69, 9.17) is 21.5 Å². The number of nitrogens with two attached hydrogens (primary N) is 1. The number of carbonyl (C=O) groups is 1. The average Bonchev–Trinajstić information content (AvgIpc) is 3.38. The first-order valence-electron chi connectivity index (χ1n) is 15.9. The summed E-state index contributed by atoms with van der Waals surface area (Å²) in [6.07, 6.45) is 9.59. The third kappa shape index (κ3) is 7.66. The number of nitrogens with zero attached hydrogens (tertiary/aromatic N) is 3. The number of hydrogen-bond donors (Lipinski definition) is 1. The third-order valence-corrected chi connectivity index (χ3v) is 12.5. The van der Waals surface area contributed by atoms with E-state index >= 15 is 0 Å². The molecule has 8 nitrogen and oxygen atoms in total. The van der Waals surface area contributed by atoms with Gasteiger partial charge in [0.05, 0.1) is 17.5 Å². The summed E-state index contributed by atoms with van der Waals surface area (Å²) in [5.74, 6) is 0.756. The molecule has 246 valence electrons. The van der Waals surface area contributed by atoms with Gasteiger partial charge < -0.3 is 14.5 Å². The minimum atomic E-state index is -3.63. The maximum absolute atomic E-state index is 13.6. The molecule has 2 aromatic rings. The molecule has 2 aliphatic heterocycles. The van der Waals surface area contributed by atoms with Gasteiger partial charge in [0.1, 0.15) is 11.8 Å². The van der Waals surface area contributed by atoms with Gasteiger partial charge in [-0.15, -0.1) is 0 Å². The Kier molecular flexibility index (Phi) is 10.8. The fourth-order valence-electron chi connectivity index (χ4n) is 7.30. The highest BCUT2D eigenvalue weighted by molar-refractivity contribution is 14.1. The van der Waals surface area contributed by atoms with Gasteiger partial charge in [-0.25, -0.2) is 13.6 Å². The molecule has 1 fully saturated rings. The Balaban J connectivity index is 1.45. The van der Waals surface area contributed by atoms with Crippen LogP contribution in [0.3, 0.4) is 0 Å². The molecule has 1 aliphatic carbocycles. The number of aryl methyl sites for hydroxylation is 1. The lowest BCUT2D eigenvalue weighted by Gasteiger charge is -2.42. The highest BCUT2D eigenvalue weighted by atomic mass is 127. The summed E-state index contributed by atoms with van der Waals surface area (Å²) in [6, 6.07) is 12.5. The van der Waals surface area contributed by atoms with Crippen LogP contribution in [0.15, 0.2) is 48.6 Å². The number of rotatable bonds is 9. The summed E-state index contributed by atoms with van der Waals surface area (Å²) in [5.41, 5.74) is 3.58. The van der Waals surface area contributed by atoms with Crippen molar-refractivity contribution < 1.29 is 17.9 Å². The van der Waals surface area contributed by atoms with Gasteiger partial charge in [0.15, 0.2) is 0 Å². The Morgan fingerprint density at radius 2 is 2.00 bits per heavy atom. The number of anilines is 1. The Morgan fingerprint density at radius 1 is 1.22 bits per heavy atom. The molecule has 3 aliphatic rings. The number of carbonyl (C=O) groups excluding carboxylic acids is 1. The number of primary sulfonamides is 1. The molecule has 45 heavy (non-hydrogen) atoms. The molecule has 1 saturated heterocycles. The number of benzene rings is 2. The minimum absolute atomic E-state index is 0.0222.